The van der Waals surface area contributed by atoms with Gasteiger partial charge in [0.05, 0.1) is 6.20 Å². The zero-order valence-corrected chi connectivity index (χ0v) is 13.2. The Morgan fingerprint density at radius 1 is 1.43 bits per heavy atom. The molecule has 118 valence electrons. The lowest BCUT2D eigenvalue weighted by Crippen LogP contribution is -2.44. The summed E-state index contributed by atoms with van der Waals surface area (Å²) in [4.78, 5) is 16.5. The monoisotopic (exact) mass is 293 g/mol. The van der Waals surface area contributed by atoms with Gasteiger partial charge in [-0.1, -0.05) is 0 Å². The van der Waals surface area contributed by atoms with Gasteiger partial charge in [-0.2, -0.15) is 5.10 Å². The highest BCUT2D eigenvalue weighted by molar-refractivity contribution is 5.76. The lowest BCUT2D eigenvalue weighted by atomic mass is 10.1. The van der Waals surface area contributed by atoms with E-state index in [1.165, 1.54) is 6.42 Å². The van der Waals surface area contributed by atoms with E-state index in [2.05, 4.69) is 10.00 Å². The highest BCUT2D eigenvalue weighted by Crippen LogP contribution is 2.13. The van der Waals surface area contributed by atoms with Crippen LogP contribution in [0.2, 0.25) is 0 Å². The van der Waals surface area contributed by atoms with Crippen molar-refractivity contribution in [2.75, 3.05) is 26.7 Å². The van der Waals surface area contributed by atoms with Crippen LogP contribution in [-0.2, 0) is 18.4 Å². The van der Waals surface area contributed by atoms with Crippen molar-refractivity contribution >= 4 is 5.91 Å². The van der Waals surface area contributed by atoms with E-state index in [1.54, 1.807) is 4.68 Å². The summed E-state index contributed by atoms with van der Waals surface area (Å²) in [5, 5.41) is 4.17. The Morgan fingerprint density at radius 3 is 2.71 bits per heavy atom. The van der Waals surface area contributed by atoms with Gasteiger partial charge in [-0.3, -0.25) is 14.4 Å². The first-order chi connectivity index (χ1) is 10.1. The van der Waals surface area contributed by atoms with Crippen molar-refractivity contribution in [2.24, 2.45) is 12.8 Å². The second-order valence-electron chi connectivity index (χ2n) is 5.97. The number of aromatic nitrogens is 2. The van der Waals surface area contributed by atoms with Crippen LogP contribution in [0.3, 0.4) is 0 Å². The number of nitrogens with zero attached hydrogens (tertiary/aromatic N) is 4. The van der Waals surface area contributed by atoms with Crippen LogP contribution in [0.4, 0.5) is 0 Å². The zero-order chi connectivity index (χ0) is 15.2. The molecule has 0 spiro atoms. The Balaban J connectivity index is 1.87. The number of amides is 1. The fourth-order valence-corrected chi connectivity index (χ4v) is 2.86. The molecule has 2 N–H and O–H groups in total. The molecule has 1 saturated heterocycles. The van der Waals surface area contributed by atoms with Crippen LogP contribution in [0.15, 0.2) is 12.4 Å². The predicted molar refractivity (Wildman–Crippen MR) is 82.6 cm³/mol. The zero-order valence-electron chi connectivity index (χ0n) is 13.2. The van der Waals surface area contributed by atoms with Crippen molar-refractivity contribution in [1.82, 2.24) is 19.6 Å². The topological polar surface area (TPSA) is 67.4 Å². The SMILES string of the molecule is CN(Cc1cnn(C)c1)C(CN)CC(=O)N1CCCCC1. The molecule has 21 heavy (non-hydrogen) atoms. The van der Waals surface area contributed by atoms with Crippen LogP contribution in [0, 0.1) is 0 Å². The second kappa shape index (κ2) is 7.56. The molecule has 0 aliphatic carbocycles. The number of likely N-dealkylation sites (tertiary alicyclic amines) is 1. The molecule has 1 amide bonds. The van der Waals surface area contributed by atoms with E-state index in [1.807, 2.05) is 31.4 Å². The molecule has 2 rings (SSSR count). The first-order valence-electron chi connectivity index (χ1n) is 7.75. The van der Waals surface area contributed by atoms with Crippen molar-refractivity contribution in [3.8, 4) is 0 Å². The molecular weight excluding hydrogens is 266 g/mol. The van der Waals surface area contributed by atoms with Crippen molar-refractivity contribution in [1.29, 1.82) is 0 Å². The Hall–Kier alpha value is -1.40. The average molecular weight is 293 g/mol. The van der Waals surface area contributed by atoms with Gasteiger partial charge in [0.2, 0.25) is 5.91 Å². The molecular formula is C15H27N5O. The van der Waals surface area contributed by atoms with Gasteiger partial charge in [0.15, 0.2) is 0 Å². The predicted octanol–water partition coefficient (Wildman–Crippen LogP) is 0.582. The first-order valence-corrected chi connectivity index (χ1v) is 7.75. The van der Waals surface area contributed by atoms with Crippen LogP contribution in [0.1, 0.15) is 31.2 Å². The van der Waals surface area contributed by atoms with Gasteiger partial charge in [0.25, 0.3) is 0 Å². The number of aryl methyl sites for hydroxylation is 1. The Bertz CT molecular complexity index is 453. The lowest BCUT2D eigenvalue weighted by Gasteiger charge is -2.31. The summed E-state index contributed by atoms with van der Waals surface area (Å²) in [6, 6.07) is 0.0830. The molecule has 6 nitrogen and oxygen atoms in total. The molecule has 0 saturated carbocycles. The van der Waals surface area contributed by atoms with Gasteiger partial charge in [0.1, 0.15) is 0 Å². The van der Waals surface area contributed by atoms with Crippen molar-refractivity contribution in [3.63, 3.8) is 0 Å². The third-order valence-electron chi connectivity index (χ3n) is 4.20. The second-order valence-corrected chi connectivity index (χ2v) is 5.97. The maximum atomic E-state index is 12.4. The molecule has 1 aromatic rings. The minimum absolute atomic E-state index is 0.0830. The van der Waals surface area contributed by atoms with Gasteiger partial charge >= 0.3 is 0 Å². The highest BCUT2D eigenvalue weighted by atomic mass is 16.2. The van der Waals surface area contributed by atoms with Crippen LogP contribution in [0.5, 0.6) is 0 Å². The number of carbonyl (C=O) groups is 1. The molecule has 0 radical (unpaired) electrons. The van der Waals surface area contributed by atoms with E-state index in [0.29, 0.717) is 13.0 Å². The molecule has 0 bridgehead atoms. The maximum absolute atomic E-state index is 12.4. The van der Waals surface area contributed by atoms with E-state index in [4.69, 9.17) is 5.73 Å². The number of carbonyl (C=O) groups excluding carboxylic acids is 1. The fraction of sp³-hybridized carbons (Fsp3) is 0.733. The molecule has 1 atom stereocenters. The largest absolute Gasteiger partial charge is 0.343 e. The summed E-state index contributed by atoms with van der Waals surface area (Å²) >= 11 is 0. The normalized spacial score (nSPS) is 17.2. The molecule has 1 unspecified atom stereocenters. The molecule has 2 heterocycles. The molecule has 0 aromatic carbocycles. The summed E-state index contributed by atoms with van der Waals surface area (Å²) in [5.74, 6) is 0.239. The third-order valence-corrected chi connectivity index (χ3v) is 4.20. The molecule has 1 aliphatic heterocycles. The van der Waals surface area contributed by atoms with Gasteiger partial charge in [-0.25, -0.2) is 0 Å². The summed E-state index contributed by atoms with van der Waals surface area (Å²) in [6.45, 7) is 3.07. The molecule has 1 fully saturated rings. The summed E-state index contributed by atoms with van der Waals surface area (Å²) < 4.78 is 1.79. The summed E-state index contributed by atoms with van der Waals surface area (Å²) in [6.07, 6.45) is 7.86. The fourth-order valence-electron chi connectivity index (χ4n) is 2.86. The highest BCUT2D eigenvalue weighted by Gasteiger charge is 2.22. The average Bonchev–Trinajstić information content (AvgIpc) is 2.90. The summed E-state index contributed by atoms with van der Waals surface area (Å²) in [7, 11) is 3.93. The first kappa shape index (κ1) is 16.0. The van der Waals surface area contributed by atoms with Crippen molar-refractivity contribution in [2.45, 2.75) is 38.3 Å². The number of likely N-dealkylation sites (N-methyl/N-ethyl adjacent to an activating group) is 1. The Kier molecular flexibility index (Phi) is 5.76. The smallest absolute Gasteiger partial charge is 0.224 e. The minimum atomic E-state index is 0.0830. The maximum Gasteiger partial charge on any atom is 0.224 e. The van der Waals surface area contributed by atoms with Gasteiger partial charge in [-0.05, 0) is 26.3 Å². The van der Waals surface area contributed by atoms with Crippen LogP contribution in [-0.4, -0.2) is 58.2 Å². The number of nitrogens with two attached hydrogens (primary N) is 1. The summed E-state index contributed by atoms with van der Waals surface area (Å²) in [5.41, 5.74) is 7.02. The van der Waals surface area contributed by atoms with E-state index >= 15 is 0 Å². The number of rotatable bonds is 6. The van der Waals surface area contributed by atoms with Crippen molar-refractivity contribution in [3.05, 3.63) is 18.0 Å². The van der Waals surface area contributed by atoms with E-state index in [0.717, 1.165) is 38.0 Å². The molecule has 1 aliphatic rings. The van der Waals surface area contributed by atoms with Crippen LogP contribution >= 0.6 is 0 Å². The quantitative estimate of drug-likeness (QED) is 0.833. The molecule has 6 heteroatoms. The van der Waals surface area contributed by atoms with E-state index in [9.17, 15) is 4.79 Å². The van der Waals surface area contributed by atoms with Crippen molar-refractivity contribution < 1.29 is 4.79 Å². The standard InChI is InChI=1S/C15H27N5O/c1-18(11-13-10-17-19(2)12-13)14(9-16)8-15(21)20-6-4-3-5-7-20/h10,12,14H,3-9,11,16H2,1-2H3. The van der Waals surface area contributed by atoms with Gasteiger partial charge in [0, 0.05) is 57.4 Å². The molecule has 1 aromatic heterocycles. The number of piperidine rings is 1. The number of hydrogen-bond donors (Lipinski definition) is 1. The minimum Gasteiger partial charge on any atom is -0.343 e. The lowest BCUT2D eigenvalue weighted by molar-refractivity contribution is -0.133. The van der Waals surface area contributed by atoms with E-state index < -0.39 is 0 Å². The Labute approximate surface area is 126 Å². The van der Waals surface area contributed by atoms with Gasteiger partial charge in [-0.15, -0.1) is 0 Å². The van der Waals surface area contributed by atoms with Crippen LogP contribution < -0.4 is 5.73 Å². The van der Waals surface area contributed by atoms with Gasteiger partial charge < -0.3 is 10.6 Å². The van der Waals surface area contributed by atoms with Crippen LogP contribution in [0.25, 0.3) is 0 Å². The van der Waals surface area contributed by atoms with E-state index in [-0.39, 0.29) is 11.9 Å². The number of hydrogen-bond acceptors (Lipinski definition) is 4. The Morgan fingerprint density at radius 2 is 2.14 bits per heavy atom. The third kappa shape index (κ3) is 4.54.